The highest BCUT2D eigenvalue weighted by Crippen LogP contribution is 2.15. The number of thiazole rings is 1. The molecular formula is C16H21BrN4OS. The number of nitrogens with one attached hydrogen (secondary N) is 2. The molecule has 124 valence electrons. The standard InChI is InChI=1S/C16H21BrN4OS/c1-3-18-16(21-11-15-20-10-12(2)23-15)19-8-9-22-14-6-4-13(17)5-7-14/h4-7,10H,3,8-9,11H2,1-2H3,(H2,18,19,21). The summed E-state index contributed by atoms with van der Waals surface area (Å²) in [5, 5.41) is 7.50. The Morgan fingerprint density at radius 1 is 1.30 bits per heavy atom. The first-order valence-corrected chi connectivity index (χ1v) is 9.10. The van der Waals surface area contributed by atoms with Crippen molar-refractivity contribution in [3.8, 4) is 5.75 Å². The lowest BCUT2D eigenvalue weighted by Crippen LogP contribution is -2.39. The number of aromatic nitrogens is 1. The van der Waals surface area contributed by atoms with E-state index in [-0.39, 0.29) is 0 Å². The number of ether oxygens (including phenoxy) is 1. The highest BCUT2D eigenvalue weighted by molar-refractivity contribution is 9.10. The van der Waals surface area contributed by atoms with Gasteiger partial charge in [-0.05, 0) is 38.1 Å². The maximum Gasteiger partial charge on any atom is 0.191 e. The summed E-state index contributed by atoms with van der Waals surface area (Å²) in [5.74, 6) is 1.63. The lowest BCUT2D eigenvalue weighted by Gasteiger charge is -2.11. The summed E-state index contributed by atoms with van der Waals surface area (Å²) in [7, 11) is 0. The second kappa shape index (κ2) is 9.52. The van der Waals surface area contributed by atoms with Gasteiger partial charge in [-0.15, -0.1) is 11.3 Å². The molecule has 1 aromatic carbocycles. The Hall–Kier alpha value is -1.60. The molecule has 5 nitrogen and oxygen atoms in total. The molecule has 2 aromatic rings. The molecule has 0 aliphatic carbocycles. The Bertz CT molecular complexity index is 627. The Morgan fingerprint density at radius 3 is 2.74 bits per heavy atom. The predicted molar refractivity (Wildman–Crippen MR) is 99.3 cm³/mol. The van der Waals surface area contributed by atoms with Crippen molar-refractivity contribution >= 4 is 33.2 Å². The summed E-state index contributed by atoms with van der Waals surface area (Å²) in [4.78, 5) is 10.1. The van der Waals surface area contributed by atoms with Gasteiger partial charge < -0.3 is 15.4 Å². The monoisotopic (exact) mass is 396 g/mol. The van der Waals surface area contributed by atoms with Gasteiger partial charge in [-0.25, -0.2) is 9.98 Å². The number of nitrogens with zero attached hydrogens (tertiary/aromatic N) is 2. The van der Waals surface area contributed by atoms with Crippen LogP contribution in [-0.2, 0) is 6.54 Å². The number of benzene rings is 1. The van der Waals surface area contributed by atoms with Crippen LogP contribution in [0.2, 0.25) is 0 Å². The Labute approximate surface area is 149 Å². The van der Waals surface area contributed by atoms with Crippen molar-refractivity contribution in [2.45, 2.75) is 20.4 Å². The van der Waals surface area contributed by atoms with Crippen LogP contribution in [0, 0.1) is 6.92 Å². The fourth-order valence-electron chi connectivity index (χ4n) is 1.83. The highest BCUT2D eigenvalue weighted by Gasteiger charge is 2.00. The maximum atomic E-state index is 5.68. The third-order valence-corrected chi connectivity index (χ3v) is 4.29. The van der Waals surface area contributed by atoms with Crippen LogP contribution in [-0.4, -0.2) is 30.6 Å². The van der Waals surface area contributed by atoms with Crippen LogP contribution in [0.15, 0.2) is 39.9 Å². The van der Waals surface area contributed by atoms with Crippen LogP contribution in [0.3, 0.4) is 0 Å². The van der Waals surface area contributed by atoms with Crippen LogP contribution in [0.25, 0.3) is 0 Å². The van der Waals surface area contributed by atoms with E-state index in [2.05, 4.69) is 36.5 Å². The van der Waals surface area contributed by atoms with Gasteiger partial charge in [0.2, 0.25) is 0 Å². The van der Waals surface area contributed by atoms with Gasteiger partial charge in [0.15, 0.2) is 5.96 Å². The van der Waals surface area contributed by atoms with Gasteiger partial charge in [0.1, 0.15) is 17.4 Å². The van der Waals surface area contributed by atoms with Crippen molar-refractivity contribution in [3.63, 3.8) is 0 Å². The topological polar surface area (TPSA) is 58.5 Å². The molecule has 0 fully saturated rings. The first kappa shape index (κ1) is 17.7. The van der Waals surface area contributed by atoms with Crippen LogP contribution in [0.4, 0.5) is 0 Å². The molecule has 0 atom stereocenters. The van der Waals surface area contributed by atoms with E-state index >= 15 is 0 Å². The minimum atomic E-state index is 0.572. The Balaban J connectivity index is 1.76. The molecule has 0 aliphatic rings. The second-order valence-corrected chi connectivity index (χ2v) is 7.02. The SMILES string of the molecule is CCNC(=NCc1ncc(C)s1)NCCOc1ccc(Br)cc1. The molecule has 1 aromatic heterocycles. The van der Waals surface area contributed by atoms with Crippen LogP contribution >= 0.6 is 27.3 Å². The molecule has 0 saturated heterocycles. The number of hydrogen-bond acceptors (Lipinski definition) is 4. The van der Waals surface area contributed by atoms with E-state index in [1.54, 1.807) is 11.3 Å². The minimum Gasteiger partial charge on any atom is -0.492 e. The second-order valence-electron chi connectivity index (χ2n) is 4.79. The molecule has 2 N–H and O–H groups in total. The molecule has 0 saturated carbocycles. The smallest absolute Gasteiger partial charge is 0.191 e. The molecular weight excluding hydrogens is 376 g/mol. The van der Waals surface area contributed by atoms with Crippen LogP contribution in [0.5, 0.6) is 5.75 Å². The normalized spacial score (nSPS) is 11.3. The van der Waals surface area contributed by atoms with E-state index in [4.69, 9.17) is 4.74 Å². The first-order valence-electron chi connectivity index (χ1n) is 7.49. The van der Waals surface area contributed by atoms with Crippen molar-refractivity contribution < 1.29 is 4.74 Å². The van der Waals surface area contributed by atoms with Crippen molar-refractivity contribution in [1.82, 2.24) is 15.6 Å². The number of hydrogen-bond donors (Lipinski definition) is 2. The van der Waals surface area contributed by atoms with E-state index in [9.17, 15) is 0 Å². The summed E-state index contributed by atoms with van der Waals surface area (Å²) in [6.45, 7) is 6.75. The maximum absolute atomic E-state index is 5.68. The van der Waals surface area contributed by atoms with Gasteiger partial charge in [0.25, 0.3) is 0 Å². The van der Waals surface area contributed by atoms with E-state index < -0.39 is 0 Å². The zero-order chi connectivity index (χ0) is 16.5. The molecule has 0 bridgehead atoms. The van der Waals surface area contributed by atoms with Crippen molar-refractivity contribution in [1.29, 1.82) is 0 Å². The van der Waals surface area contributed by atoms with Crippen molar-refractivity contribution in [2.75, 3.05) is 19.7 Å². The molecule has 0 radical (unpaired) electrons. The first-order chi connectivity index (χ1) is 11.2. The number of aliphatic imine (C=N–C) groups is 1. The summed E-state index contributed by atoms with van der Waals surface area (Å²) in [5.41, 5.74) is 0. The van der Waals surface area contributed by atoms with E-state index in [1.807, 2.05) is 44.3 Å². The summed E-state index contributed by atoms with van der Waals surface area (Å²) in [6, 6.07) is 7.80. The number of aryl methyl sites for hydroxylation is 1. The fraction of sp³-hybridized carbons (Fsp3) is 0.375. The average molecular weight is 397 g/mol. The average Bonchev–Trinajstić information content (AvgIpc) is 2.96. The Morgan fingerprint density at radius 2 is 2.09 bits per heavy atom. The number of halogens is 1. The number of guanidine groups is 1. The van der Waals surface area contributed by atoms with Gasteiger partial charge in [-0.1, -0.05) is 15.9 Å². The highest BCUT2D eigenvalue weighted by atomic mass is 79.9. The van der Waals surface area contributed by atoms with Gasteiger partial charge in [0.05, 0.1) is 13.1 Å². The van der Waals surface area contributed by atoms with E-state index in [0.29, 0.717) is 19.7 Å². The van der Waals surface area contributed by atoms with Crippen LogP contribution < -0.4 is 15.4 Å². The minimum absolute atomic E-state index is 0.572. The van der Waals surface area contributed by atoms with Crippen molar-refractivity contribution in [3.05, 3.63) is 44.8 Å². The lowest BCUT2D eigenvalue weighted by atomic mass is 10.3. The lowest BCUT2D eigenvalue weighted by molar-refractivity contribution is 0.322. The molecule has 2 rings (SSSR count). The van der Waals surface area contributed by atoms with E-state index in [0.717, 1.165) is 27.7 Å². The zero-order valence-electron chi connectivity index (χ0n) is 13.3. The van der Waals surface area contributed by atoms with Gasteiger partial charge in [-0.3, -0.25) is 0 Å². The fourth-order valence-corrected chi connectivity index (χ4v) is 2.81. The molecule has 7 heteroatoms. The molecule has 1 heterocycles. The largest absolute Gasteiger partial charge is 0.492 e. The molecule has 0 spiro atoms. The number of rotatable bonds is 7. The van der Waals surface area contributed by atoms with E-state index in [1.165, 1.54) is 4.88 Å². The summed E-state index contributed by atoms with van der Waals surface area (Å²) < 4.78 is 6.72. The Kier molecular flexibility index (Phi) is 7.35. The zero-order valence-corrected chi connectivity index (χ0v) is 15.7. The van der Waals surface area contributed by atoms with Crippen LogP contribution in [0.1, 0.15) is 16.8 Å². The summed E-state index contributed by atoms with van der Waals surface area (Å²) >= 11 is 5.08. The third-order valence-electron chi connectivity index (χ3n) is 2.86. The van der Waals surface area contributed by atoms with Gasteiger partial charge >= 0.3 is 0 Å². The molecule has 0 aliphatic heterocycles. The van der Waals surface area contributed by atoms with Gasteiger partial charge in [0, 0.05) is 22.1 Å². The predicted octanol–water partition coefficient (Wildman–Crippen LogP) is 3.35. The van der Waals surface area contributed by atoms with Crippen molar-refractivity contribution in [2.24, 2.45) is 4.99 Å². The molecule has 0 unspecified atom stereocenters. The van der Waals surface area contributed by atoms with Gasteiger partial charge in [-0.2, -0.15) is 0 Å². The molecule has 23 heavy (non-hydrogen) atoms. The quantitative estimate of drug-likeness (QED) is 0.428. The molecule has 0 amide bonds. The summed E-state index contributed by atoms with van der Waals surface area (Å²) in [6.07, 6.45) is 1.88. The third kappa shape index (κ3) is 6.58.